The SMILES string of the molecule is COC(=O)[C@@H]1C2C3CC(CC[C@]31O[Si](C)(C)C(C)(C)C)C2(C)C. The number of rotatable bonds is 3. The maximum atomic E-state index is 12.7. The lowest BCUT2D eigenvalue weighted by atomic mass is 9.50. The van der Waals surface area contributed by atoms with Gasteiger partial charge in [-0.2, -0.15) is 0 Å². The van der Waals surface area contributed by atoms with Crippen LogP contribution in [0.3, 0.4) is 0 Å². The van der Waals surface area contributed by atoms with E-state index in [0.29, 0.717) is 11.8 Å². The molecule has 0 N–H and O–H groups in total. The van der Waals surface area contributed by atoms with Crippen molar-refractivity contribution in [2.75, 3.05) is 7.11 Å². The number of fused-ring (bicyclic) bond motifs is 1. The molecule has 5 atom stereocenters. The van der Waals surface area contributed by atoms with Gasteiger partial charge in [0, 0.05) is 0 Å². The van der Waals surface area contributed by atoms with E-state index >= 15 is 0 Å². The van der Waals surface area contributed by atoms with E-state index in [1.54, 1.807) is 0 Å². The summed E-state index contributed by atoms with van der Waals surface area (Å²) in [5.74, 6) is 1.62. The van der Waals surface area contributed by atoms with Crippen LogP contribution in [0.1, 0.15) is 53.9 Å². The van der Waals surface area contributed by atoms with Gasteiger partial charge in [-0.25, -0.2) is 0 Å². The average molecular weight is 339 g/mol. The molecule has 132 valence electrons. The summed E-state index contributed by atoms with van der Waals surface area (Å²) in [6.07, 6.45) is 3.47. The normalized spacial score (nSPS) is 41.4. The van der Waals surface area contributed by atoms with Gasteiger partial charge in [-0.15, -0.1) is 0 Å². The molecular weight excluding hydrogens is 304 g/mol. The molecule has 3 aliphatic rings. The molecule has 23 heavy (non-hydrogen) atoms. The van der Waals surface area contributed by atoms with E-state index in [4.69, 9.17) is 9.16 Å². The van der Waals surface area contributed by atoms with Crippen LogP contribution >= 0.6 is 0 Å². The van der Waals surface area contributed by atoms with Crippen LogP contribution in [0.25, 0.3) is 0 Å². The van der Waals surface area contributed by atoms with Gasteiger partial charge < -0.3 is 9.16 Å². The van der Waals surface area contributed by atoms with E-state index in [1.165, 1.54) is 20.0 Å². The molecule has 3 saturated carbocycles. The van der Waals surface area contributed by atoms with Crippen LogP contribution in [0.15, 0.2) is 0 Å². The van der Waals surface area contributed by atoms with E-state index in [-0.39, 0.29) is 27.9 Å². The van der Waals surface area contributed by atoms with E-state index < -0.39 is 8.32 Å². The Labute approximate surface area is 142 Å². The number of carbonyl (C=O) groups excluding carboxylic acids is 1. The Kier molecular flexibility index (Phi) is 3.68. The molecule has 0 aromatic rings. The Balaban J connectivity index is 1.99. The highest BCUT2D eigenvalue weighted by Gasteiger charge is 2.76. The van der Waals surface area contributed by atoms with Crippen molar-refractivity contribution in [1.29, 1.82) is 0 Å². The molecular formula is C19H34O3Si. The number of esters is 1. The fraction of sp³-hybridized carbons (Fsp3) is 0.947. The molecule has 0 radical (unpaired) electrons. The number of carbonyl (C=O) groups is 1. The van der Waals surface area contributed by atoms with Gasteiger partial charge in [0.25, 0.3) is 0 Å². The Morgan fingerprint density at radius 3 is 2.35 bits per heavy atom. The van der Waals surface area contributed by atoms with Gasteiger partial charge in [-0.3, -0.25) is 4.79 Å². The number of ether oxygens (including phenoxy) is 1. The first kappa shape index (κ1) is 17.5. The minimum absolute atomic E-state index is 0.0411. The standard InChI is InChI=1S/C19H34O3Si/c1-17(2,3)23(7,8)22-19-10-9-12-11-13(19)14(18(12,4)5)15(19)16(20)21-6/h12-15H,9-11H2,1-8H3/t12?,13?,14?,15-,19-/m0/s1. The van der Waals surface area contributed by atoms with Crippen LogP contribution in [0.2, 0.25) is 18.1 Å². The second-order valence-corrected chi connectivity index (χ2v) is 15.0. The third-order valence-corrected chi connectivity index (χ3v) is 12.5. The Morgan fingerprint density at radius 1 is 1.22 bits per heavy atom. The first-order valence-electron chi connectivity index (χ1n) is 9.16. The maximum absolute atomic E-state index is 12.7. The topological polar surface area (TPSA) is 35.5 Å². The molecule has 3 unspecified atom stereocenters. The zero-order valence-corrected chi connectivity index (χ0v) is 17.2. The number of hydrogen-bond donors (Lipinski definition) is 0. The van der Waals surface area contributed by atoms with Crippen LogP contribution < -0.4 is 0 Å². The van der Waals surface area contributed by atoms with Gasteiger partial charge in [0.1, 0.15) is 0 Å². The zero-order valence-electron chi connectivity index (χ0n) is 16.2. The molecule has 0 spiro atoms. The van der Waals surface area contributed by atoms with Gasteiger partial charge in [-0.05, 0) is 60.6 Å². The lowest BCUT2D eigenvalue weighted by molar-refractivity contribution is -0.213. The highest BCUT2D eigenvalue weighted by molar-refractivity contribution is 6.74. The van der Waals surface area contributed by atoms with Gasteiger partial charge >= 0.3 is 5.97 Å². The summed E-state index contributed by atoms with van der Waals surface area (Å²) in [4.78, 5) is 12.7. The summed E-state index contributed by atoms with van der Waals surface area (Å²) in [7, 11) is -0.389. The molecule has 0 amide bonds. The van der Waals surface area contributed by atoms with Crippen molar-refractivity contribution in [3.8, 4) is 0 Å². The molecule has 2 bridgehead atoms. The fourth-order valence-corrected chi connectivity index (χ4v) is 7.29. The summed E-state index contributed by atoms with van der Waals surface area (Å²) >= 11 is 0. The molecule has 3 fully saturated rings. The van der Waals surface area contributed by atoms with Gasteiger partial charge in [-0.1, -0.05) is 34.6 Å². The summed E-state index contributed by atoms with van der Waals surface area (Å²) < 4.78 is 12.2. The first-order chi connectivity index (χ1) is 10.4. The van der Waals surface area contributed by atoms with Crippen molar-refractivity contribution >= 4 is 14.3 Å². The molecule has 3 aliphatic carbocycles. The van der Waals surface area contributed by atoms with Gasteiger partial charge in [0.05, 0.1) is 18.6 Å². The Hall–Kier alpha value is -0.353. The lowest BCUT2D eigenvalue weighted by Crippen LogP contribution is -2.70. The Bertz CT molecular complexity index is 519. The van der Waals surface area contributed by atoms with Crippen LogP contribution in [0.5, 0.6) is 0 Å². The van der Waals surface area contributed by atoms with Gasteiger partial charge in [0.2, 0.25) is 0 Å². The van der Waals surface area contributed by atoms with E-state index in [1.807, 2.05) is 0 Å². The summed E-state index contributed by atoms with van der Waals surface area (Å²) in [6, 6.07) is 0. The average Bonchev–Trinajstić information content (AvgIpc) is 2.51. The predicted molar refractivity (Wildman–Crippen MR) is 94.6 cm³/mol. The Morgan fingerprint density at radius 2 is 1.83 bits per heavy atom. The summed E-state index contributed by atoms with van der Waals surface area (Å²) in [5.41, 5.74) is -0.00858. The number of methoxy groups -OCH3 is 1. The quantitative estimate of drug-likeness (QED) is 0.556. The summed E-state index contributed by atoms with van der Waals surface area (Å²) in [5, 5.41) is 0.165. The van der Waals surface area contributed by atoms with Crippen molar-refractivity contribution in [1.82, 2.24) is 0 Å². The van der Waals surface area contributed by atoms with Gasteiger partial charge in [0.15, 0.2) is 8.32 Å². The zero-order chi connectivity index (χ0) is 17.4. The molecule has 0 aromatic heterocycles. The van der Waals surface area contributed by atoms with Crippen LogP contribution in [-0.4, -0.2) is 27.0 Å². The molecule has 4 heteroatoms. The highest BCUT2D eigenvalue weighted by Crippen LogP contribution is 2.74. The van der Waals surface area contributed by atoms with E-state index in [9.17, 15) is 4.79 Å². The predicted octanol–water partition coefficient (Wildman–Crippen LogP) is 4.62. The fourth-order valence-electron chi connectivity index (χ4n) is 5.65. The molecule has 0 aliphatic heterocycles. The second kappa shape index (κ2) is 4.84. The van der Waals surface area contributed by atoms with Crippen LogP contribution in [-0.2, 0) is 14.0 Å². The maximum Gasteiger partial charge on any atom is 0.311 e. The van der Waals surface area contributed by atoms with Crippen molar-refractivity contribution in [2.45, 2.75) is 77.6 Å². The summed E-state index contributed by atoms with van der Waals surface area (Å²) in [6.45, 7) is 16.2. The first-order valence-corrected chi connectivity index (χ1v) is 12.1. The molecule has 3 nitrogen and oxygen atoms in total. The third kappa shape index (κ3) is 2.13. The van der Waals surface area contributed by atoms with Crippen molar-refractivity contribution in [3.63, 3.8) is 0 Å². The van der Waals surface area contributed by atoms with Crippen molar-refractivity contribution in [3.05, 3.63) is 0 Å². The van der Waals surface area contributed by atoms with E-state index in [2.05, 4.69) is 47.7 Å². The second-order valence-electron chi connectivity index (χ2n) is 10.2. The third-order valence-electron chi connectivity index (χ3n) is 7.99. The highest BCUT2D eigenvalue weighted by atomic mass is 28.4. The smallest absolute Gasteiger partial charge is 0.311 e. The molecule has 0 aromatic carbocycles. The van der Waals surface area contributed by atoms with E-state index in [0.717, 1.165) is 12.3 Å². The molecule has 3 rings (SSSR count). The molecule has 0 heterocycles. The monoisotopic (exact) mass is 338 g/mol. The molecule has 0 saturated heterocycles. The van der Waals surface area contributed by atoms with Crippen molar-refractivity contribution in [2.24, 2.45) is 29.1 Å². The van der Waals surface area contributed by atoms with Crippen LogP contribution in [0, 0.1) is 29.1 Å². The minimum Gasteiger partial charge on any atom is -0.469 e. The van der Waals surface area contributed by atoms with Crippen molar-refractivity contribution < 1.29 is 14.0 Å². The lowest BCUT2D eigenvalue weighted by Gasteiger charge is -2.63. The number of hydrogen-bond acceptors (Lipinski definition) is 3. The largest absolute Gasteiger partial charge is 0.469 e. The minimum atomic E-state index is -1.92. The van der Waals surface area contributed by atoms with Crippen LogP contribution in [0.4, 0.5) is 0 Å².